The summed E-state index contributed by atoms with van der Waals surface area (Å²) >= 11 is 0. The first-order valence-corrected chi connectivity index (χ1v) is 5.91. The van der Waals surface area contributed by atoms with Crippen LogP contribution in [0.1, 0.15) is 35.3 Å². The van der Waals surface area contributed by atoms with Gasteiger partial charge in [-0.05, 0) is 37.6 Å². The van der Waals surface area contributed by atoms with E-state index < -0.39 is 0 Å². The lowest BCUT2D eigenvalue weighted by Gasteiger charge is -2.16. The van der Waals surface area contributed by atoms with E-state index in [2.05, 4.69) is 10.2 Å². The number of carbonyl (C=O) groups excluding carboxylic acids is 1. The molecule has 2 heterocycles. The van der Waals surface area contributed by atoms with Gasteiger partial charge < -0.3 is 4.74 Å². The van der Waals surface area contributed by atoms with Gasteiger partial charge in [-0.1, -0.05) is 0 Å². The van der Waals surface area contributed by atoms with Crippen molar-refractivity contribution in [2.75, 3.05) is 0 Å². The van der Waals surface area contributed by atoms with Crippen LogP contribution in [0.15, 0.2) is 30.6 Å². The van der Waals surface area contributed by atoms with Gasteiger partial charge in [0.15, 0.2) is 5.78 Å². The number of benzene rings is 1. The molecule has 1 aliphatic rings. The highest BCUT2D eigenvalue weighted by atomic mass is 16.5. The Hall–Kier alpha value is -2.10. The molecule has 1 aliphatic heterocycles. The summed E-state index contributed by atoms with van der Waals surface area (Å²) in [6.07, 6.45) is 3.97. The van der Waals surface area contributed by atoms with Gasteiger partial charge in [0.25, 0.3) is 0 Å². The maximum atomic E-state index is 12.2. The van der Waals surface area contributed by atoms with Crippen molar-refractivity contribution in [2.45, 2.75) is 25.9 Å². The predicted molar refractivity (Wildman–Crippen MR) is 66.9 cm³/mol. The standard InChI is InChI=1S/C14H14N2O2/c1-14(2)6-10-5-9(3-4-12(10)18-14)13(17)11-7-15-16-8-11/h3-5,7-8H,6H2,1-2H3,(H,15,16). The molecule has 0 amide bonds. The van der Waals surface area contributed by atoms with Crippen LogP contribution in [0.5, 0.6) is 5.75 Å². The molecule has 0 bridgehead atoms. The van der Waals surface area contributed by atoms with Crippen LogP contribution in [0.25, 0.3) is 0 Å². The highest BCUT2D eigenvalue weighted by Gasteiger charge is 2.30. The van der Waals surface area contributed by atoms with Gasteiger partial charge in [-0.15, -0.1) is 0 Å². The molecule has 4 heteroatoms. The van der Waals surface area contributed by atoms with Crippen LogP contribution in [-0.4, -0.2) is 21.6 Å². The monoisotopic (exact) mass is 242 g/mol. The van der Waals surface area contributed by atoms with Crippen LogP contribution >= 0.6 is 0 Å². The van der Waals surface area contributed by atoms with Crippen molar-refractivity contribution < 1.29 is 9.53 Å². The molecule has 0 fully saturated rings. The SMILES string of the molecule is CC1(C)Cc2cc(C(=O)c3cn[nH]c3)ccc2O1. The molecule has 0 unspecified atom stereocenters. The molecule has 92 valence electrons. The first-order chi connectivity index (χ1) is 8.55. The van der Waals surface area contributed by atoms with Gasteiger partial charge >= 0.3 is 0 Å². The average molecular weight is 242 g/mol. The Labute approximate surface area is 105 Å². The third kappa shape index (κ3) is 1.79. The van der Waals surface area contributed by atoms with Crippen LogP contribution in [0.4, 0.5) is 0 Å². The Morgan fingerprint density at radius 2 is 2.22 bits per heavy atom. The van der Waals surface area contributed by atoms with E-state index in [1.54, 1.807) is 12.3 Å². The fourth-order valence-electron chi connectivity index (χ4n) is 2.29. The molecule has 3 rings (SSSR count). The third-order valence-electron chi connectivity index (χ3n) is 3.09. The zero-order chi connectivity index (χ0) is 12.8. The molecule has 1 aromatic carbocycles. The summed E-state index contributed by atoms with van der Waals surface area (Å²) in [6, 6.07) is 5.59. The first-order valence-electron chi connectivity index (χ1n) is 5.91. The predicted octanol–water partition coefficient (Wildman–Crippen LogP) is 2.35. The number of aromatic amines is 1. The van der Waals surface area contributed by atoms with E-state index in [1.807, 2.05) is 26.0 Å². The topological polar surface area (TPSA) is 55.0 Å². The van der Waals surface area contributed by atoms with Crippen LogP contribution in [0, 0.1) is 0 Å². The lowest BCUT2D eigenvalue weighted by Crippen LogP contribution is -2.24. The van der Waals surface area contributed by atoms with Crippen molar-refractivity contribution in [3.8, 4) is 5.75 Å². The molecular weight excluding hydrogens is 228 g/mol. The summed E-state index contributed by atoms with van der Waals surface area (Å²) in [5, 5.41) is 6.44. The number of rotatable bonds is 2. The maximum Gasteiger partial charge on any atom is 0.196 e. The first kappa shape index (κ1) is 11.0. The zero-order valence-corrected chi connectivity index (χ0v) is 10.4. The number of fused-ring (bicyclic) bond motifs is 1. The summed E-state index contributed by atoms with van der Waals surface area (Å²) in [5.41, 5.74) is 2.17. The van der Waals surface area contributed by atoms with E-state index in [4.69, 9.17) is 4.74 Å². The second kappa shape index (κ2) is 3.70. The highest BCUT2D eigenvalue weighted by molar-refractivity contribution is 6.08. The molecule has 1 aromatic heterocycles. The summed E-state index contributed by atoms with van der Waals surface area (Å²) in [7, 11) is 0. The lowest BCUT2D eigenvalue weighted by atomic mass is 9.98. The Balaban J connectivity index is 1.95. The number of ketones is 1. The van der Waals surface area contributed by atoms with Gasteiger partial charge in [-0.25, -0.2) is 0 Å². The van der Waals surface area contributed by atoms with E-state index >= 15 is 0 Å². The van der Waals surface area contributed by atoms with Crippen LogP contribution in [0.2, 0.25) is 0 Å². The fraction of sp³-hybridized carbons (Fsp3) is 0.286. The smallest absolute Gasteiger partial charge is 0.196 e. The summed E-state index contributed by atoms with van der Waals surface area (Å²) in [4.78, 5) is 12.2. The van der Waals surface area contributed by atoms with Crippen LogP contribution in [0.3, 0.4) is 0 Å². The highest BCUT2D eigenvalue weighted by Crippen LogP contribution is 2.35. The summed E-state index contributed by atoms with van der Waals surface area (Å²) in [5.74, 6) is 0.861. The average Bonchev–Trinajstić information content (AvgIpc) is 2.91. The molecule has 1 N–H and O–H groups in total. The van der Waals surface area contributed by atoms with E-state index in [1.165, 1.54) is 6.20 Å². The van der Waals surface area contributed by atoms with Gasteiger partial charge in [0.2, 0.25) is 0 Å². The number of aromatic nitrogens is 2. The molecular formula is C14H14N2O2. The normalized spacial score (nSPS) is 16.1. The van der Waals surface area contributed by atoms with Crippen molar-refractivity contribution in [3.63, 3.8) is 0 Å². The number of hydrogen-bond donors (Lipinski definition) is 1. The second-order valence-electron chi connectivity index (χ2n) is 5.18. The number of carbonyl (C=O) groups is 1. The lowest BCUT2D eigenvalue weighted by molar-refractivity contribution is 0.103. The number of nitrogens with zero attached hydrogens (tertiary/aromatic N) is 1. The Morgan fingerprint density at radius 3 is 2.94 bits per heavy atom. The molecule has 2 aromatic rings. The molecule has 0 saturated heterocycles. The molecule has 0 saturated carbocycles. The molecule has 4 nitrogen and oxygen atoms in total. The van der Waals surface area contributed by atoms with E-state index in [0.29, 0.717) is 11.1 Å². The Kier molecular flexibility index (Phi) is 2.26. The maximum absolute atomic E-state index is 12.2. The van der Waals surface area contributed by atoms with E-state index in [0.717, 1.165) is 17.7 Å². The number of ether oxygens (including phenoxy) is 1. The largest absolute Gasteiger partial charge is 0.487 e. The van der Waals surface area contributed by atoms with Gasteiger partial charge in [0, 0.05) is 18.2 Å². The van der Waals surface area contributed by atoms with Crippen molar-refractivity contribution >= 4 is 5.78 Å². The van der Waals surface area contributed by atoms with Gasteiger partial charge in [0.05, 0.1) is 11.8 Å². The minimum absolute atomic E-state index is 0.0174. The quantitative estimate of drug-likeness (QED) is 0.822. The Bertz CT molecular complexity index is 600. The minimum Gasteiger partial charge on any atom is -0.487 e. The number of nitrogens with one attached hydrogen (secondary N) is 1. The van der Waals surface area contributed by atoms with Crippen molar-refractivity contribution in [1.29, 1.82) is 0 Å². The van der Waals surface area contributed by atoms with E-state index in [9.17, 15) is 4.79 Å². The van der Waals surface area contributed by atoms with Crippen molar-refractivity contribution in [2.24, 2.45) is 0 Å². The van der Waals surface area contributed by atoms with Gasteiger partial charge in [-0.3, -0.25) is 9.89 Å². The van der Waals surface area contributed by atoms with Gasteiger partial charge in [-0.2, -0.15) is 5.10 Å². The van der Waals surface area contributed by atoms with E-state index in [-0.39, 0.29) is 11.4 Å². The number of hydrogen-bond acceptors (Lipinski definition) is 3. The fourth-order valence-corrected chi connectivity index (χ4v) is 2.29. The van der Waals surface area contributed by atoms with Crippen molar-refractivity contribution in [3.05, 3.63) is 47.3 Å². The zero-order valence-electron chi connectivity index (χ0n) is 10.4. The molecule has 0 atom stereocenters. The van der Waals surface area contributed by atoms with Crippen LogP contribution in [-0.2, 0) is 6.42 Å². The third-order valence-corrected chi connectivity index (χ3v) is 3.09. The number of H-pyrrole nitrogens is 1. The van der Waals surface area contributed by atoms with Crippen molar-refractivity contribution in [1.82, 2.24) is 10.2 Å². The van der Waals surface area contributed by atoms with Gasteiger partial charge in [0.1, 0.15) is 11.4 Å². The second-order valence-corrected chi connectivity index (χ2v) is 5.18. The molecule has 0 spiro atoms. The Morgan fingerprint density at radius 1 is 1.39 bits per heavy atom. The molecule has 18 heavy (non-hydrogen) atoms. The minimum atomic E-state index is -0.181. The molecule has 0 aliphatic carbocycles. The summed E-state index contributed by atoms with van der Waals surface area (Å²) < 4.78 is 5.79. The van der Waals surface area contributed by atoms with Crippen LogP contribution < -0.4 is 4.74 Å². The molecule has 0 radical (unpaired) electrons. The summed E-state index contributed by atoms with van der Waals surface area (Å²) in [6.45, 7) is 4.09.